The predicted molar refractivity (Wildman–Crippen MR) is 97.1 cm³/mol. The maximum Gasteiger partial charge on any atom is 0.251 e. The Bertz CT molecular complexity index is 731. The van der Waals surface area contributed by atoms with Gasteiger partial charge in [0.2, 0.25) is 0 Å². The molecule has 1 saturated carbocycles. The van der Waals surface area contributed by atoms with E-state index in [0.717, 1.165) is 18.5 Å². The van der Waals surface area contributed by atoms with Crippen LogP contribution >= 0.6 is 11.3 Å². The van der Waals surface area contributed by atoms with Gasteiger partial charge in [0.25, 0.3) is 5.91 Å². The topological polar surface area (TPSA) is 86.5 Å². The monoisotopic (exact) mass is 361 g/mol. The zero-order chi connectivity index (χ0) is 17.9. The van der Waals surface area contributed by atoms with Crippen molar-refractivity contribution >= 4 is 17.2 Å². The van der Waals surface area contributed by atoms with Crippen LogP contribution in [0.4, 0.5) is 0 Å². The number of aromatic nitrogens is 1. The standard InChI is InChI=1S/C18H23N3O3S/c1-18(10-19,13-4-5-13)21-17(22)12-3-6-15(16(7-12)23-2)24-8-14-9-25-11-20-14/h3,6-7,9,11,13H,4-5,8,10,19H2,1-2H3,(H,21,22). The number of nitrogens with one attached hydrogen (secondary N) is 1. The lowest BCUT2D eigenvalue weighted by molar-refractivity contribution is 0.0897. The number of nitrogens with two attached hydrogens (primary N) is 1. The average Bonchev–Trinajstić information content (AvgIpc) is 3.37. The largest absolute Gasteiger partial charge is 0.493 e. The van der Waals surface area contributed by atoms with Gasteiger partial charge in [0.15, 0.2) is 11.5 Å². The van der Waals surface area contributed by atoms with E-state index in [2.05, 4.69) is 10.3 Å². The van der Waals surface area contributed by atoms with Gasteiger partial charge >= 0.3 is 0 Å². The quantitative estimate of drug-likeness (QED) is 0.755. The van der Waals surface area contributed by atoms with E-state index in [1.807, 2.05) is 12.3 Å². The molecule has 134 valence electrons. The molecule has 1 aliphatic rings. The minimum Gasteiger partial charge on any atom is -0.493 e. The molecule has 0 aliphatic heterocycles. The average molecular weight is 361 g/mol. The van der Waals surface area contributed by atoms with Crippen LogP contribution in [0.2, 0.25) is 0 Å². The number of carbonyl (C=O) groups excluding carboxylic acids is 1. The van der Waals surface area contributed by atoms with Gasteiger partial charge in [-0.25, -0.2) is 4.98 Å². The number of hydrogen-bond acceptors (Lipinski definition) is 6. The second-order valence-electron chi connectivity index (χ2n) is 6.48. The molecular formula is C18H23N3O3S. The third kappa shape index (κ3) is 4.11. The van der Waals surface area contributed by atoms with Crippen molar-refractivity contribution < 1.29 is 14.3 Å². The number of amides is 1. The Hall–Kier alpha value is -2.12. The summed E-state index contributed by atoms with van der Waals surface area (Å²) in [5, 5.41) is 5.01. The zero-order valence-electron chi connectivity index (χ0n) is 14.5. The number of rotatable bonds is 8. The van der Waals surface area contributed by atoms with Crippen LogP contribution in [-0.4, -0.2) is 30.1 Å². The van der Waals surface area contributed by atoms with Crippen molar-refractivity contribution in [3.8, 4) is 11.5 Å². The van der Waals surface area contributed by atoms with Crippen LogP contribution in [0.15, 0.2) is 29.1 Å². The minimum atomic E-state index is -0.357. The molecule has 0 saturated heterocycles. The van der Waals surface area contributed by atoms with Gasteiger partial charge in [-0.2, -0.15) is 0 Å². The van der Waals surface area contributed by atoms with Gasteiger partial charge in [-0.05, 0) is 43.9 Å². The molecule has 0 bridgehead atoms. The molecule has 25 heavy (non-hydrogen) atoms. The van der Waals surface area contributed by atoms with E-state index in [0.29, 0.717) is 36.1 Å². The van der Waals surface area contributed by atoms with Crippen molar-refractivity contribution in [2.45, 2.75) is 31.9 Å². The molecule has 1 amide bonds. The molecule has 1 heterocycles. The predicted octanol–water partition coefficient (Wildman–Crippen LogP) is 2.59. The van der Waals surface area contributed by atoms with E-state index in [-0.39, 0.29) is 11.4 Å². The summed E-state index contributed by atoms with van der Waals surface area (Å²) in [7, 11) is 1.56. The zero-order valence-corrected chi connectivity index (χ0v) is 15.3. The molecule has 1 aliphatic carbocycles. The molecule has 1 aromatic carbocycles. The SMILES string of the molecule is COc1cc(C(=O)NC(C)(CN)C2CC2)ccc1OCc1cscn1. The highest BCUT2D eigenvalue weighted by Crippen LogP contribution is 2.39. The molecule has 1 fully saturated rings. The number of ether oxygens (including phenoxy) is 2. The van der Waals surface area contributed by atoms with Gasteiger partial charge in [-0.15, -0.1) is 11.3 Å². The van der Waals surface area contributed by atoms with E-state index in [1.54, 1.807) is 30.8 Å². The highest BCUT2D eigenvalue weighted by atomic mass is 32.1. The normalized spacial score (nSPS) is 16.1. The van der Waals surface area contributed by atoms with Crippen LogP contribution in [0.1, 0.15) is 35.8 Å². The van der Waals surface area contributed by atoms with Crippen molar-refractivity contribution in [2.24, 2.45) is 11.7 Å². The molecular weight excluding hydrogens is 338 g/mol. The summed E-state index contributed by atoms with van der Waals surface area (Å²) >= 11 is 1.52. The van der Waals surface area contributed by atoms with Crippen LogP contribution in [0.25, 0.3) is 0 Å². The van der Waals surface area contributed by atoms with Crippen LogP contribution in [0.5, 0.6) is 11.5 Å². The van der Waals surface area contributed by atoms with Crippen LogP contribution < -0.4 is 20.5 Å². The maximum absolute atomic E-state index is 12.6. The Morgan fingerprint density at radius 3 is 2.84 bits per heavy atom. The van der Waals surface area contributed by atoms with Gasteiger partial charge < -0.3 is 20.5 Å². The Labute approximate surface area is 151 Å². The third-order valence-electron chi connectivity index (χ3n) is 4.59. The first-order valence-corrected chi connectivity index (χ1v) is 9.20. The van der Waals surface area contributed by atoms with Crippen molar-refractivity contribution in [3.63, 3.8) is 0 Å². The summed E-state index contributed by atoms with van der Waals surface area (Å²) in [6, 6.07) is 5.17. The summed E-state index contributed by atoms with van der Waals surface area (Å²) in [5.74, 6) is 1.41. The first kappa shape index (κ1) is 17.7. The third-order valence-corrected chi connectivity index (χ3v) is 5.22. The number of carbonyl (C=O) groups is 1. The van der Waals surface area contributed by atoms with E-state index >= 15 is 0 Å². The van der Waals surface area contributed by atoms with Crippen molar-refractivity contribution in [3.05, 3.63) is 40.3 Å². The van der Waals surface area contributed by atoms with Gasteiger partial charge in [0.1, 0.15) is 6.61 Å². The van der Waals surface area contributed by atoms with Crippen LogP contribution in [0.3, 0.4) is 0 Å². The molecule has 6 nitrogen and oxygen atoms in total. The Morgan fingerprint density at radius 1 is 1.44 bits per heavy atom. The maximum atomic E-state index is 12.6. The number of nitrogens with zero attached hydrogens (tertiary/aromatic N) is 1. The summed E-state index contributed by atoms with van der Waals surface area (Å²) in [6.45, 7) is 2.79. The summed E-state index contributed by atoms with van der Waals surface area (Å²) in [6.07, 6.45) is 2.22. The fourth-order valence-electron chi connectivity index (χ4n) is 2.76. The second-order valence-corrected chi connectivity index (χ2v) is 7.20. The Kier molecular flexibility index (Phi) is 5.24. The highest BCUT2D eigenvalue weighted by molar-refractivity contribution is 7.07. The number of methoxy groups -OCH3 is 1. The lowest BCUT2D eigenvalue weighted by Gasteiger charge is -2.29. The Morgan fingerprint density at radius 2 is 2.24 bits per heavy atom. The summed E-state index contributed by atoms with van der Waals surface area (Å²) in [4.78, 5) is 16.8. The highest BCUT2D eigenvalue weighted by Gasteiger charge is 2.41. The second kappa shape index (κ2) is 7.41. The van der Waals surface area contributed by atoms with E-state index < -0.39 is 0 Å². The van der Waals surface area contributed by atoms with E-state index in [9.17, 15) is 4.79 Å². The fourth-order valence-corrected chi connectivity index (χ4v) is 3.30. The van der Waals surface area contributed by atoms with Crippen molar-refractivity contribution in [1.82, 2.24) is 10.3 Å². The number of hydrogen-bond donors (Lipinski definition) is 2. The first-order chi connectivity index (χ1) is 12.1. The van der Waals surface area contributed by atoms with Crippen LogP contribution in [-0.2, 0) is 6.61 Å². The van der Waals surface area contributed by atoms with Crippen molar-refractivity contribution in [2.75, 3.05) is 13.7 Å². The summed E-state index contributed by atoms with van der Waals surface area (Å²) < 4.78 is 11.1. The van der Waals surface area contributed by atoms with Gasteiger partial charge in [-0.1, -0.05) is 0 Å². The van der Waals surface area contributed by atoms with Crippen molar-refractivity contribution in [1.29, 1.82) is 0 Å². The molecule has 3 N–H and O–H groups in total. The van der Waals surface area contributed by atoms with Gasteiger partial charge in [0.05, 0.1) is 23.9 Å². The molecule has 1 aromatic heterocycles. The lowest BCUT2D eigenvalue weighted by atomic mass is 9.95. The lowest BCUT2D eigenvalue weighted by Crippen LogP contribution is -2.53. The first-order valence-electron chi connectivity index (χ1n) is 8.26. The molecule has 1 unspecified atom stereocenters. The van der Waals surface area contributed by atoms with E-state index in [4.69, 9.17) is 15.2 Å². The summed E-state index contributed by atoms with van der Waals surface area (Å²) in [5.41, 5.74) is 8.66. The minimum absolute atomic E-state index is 0.149. The number of benzene rings is 1. The van der Waals surface area contributed by atoms with Gasteiger partial charge in [-0.3, -0.25) is 4.79 Å². The molecule has 2 aromatic rings. The van der Waals surface area contributed by atoms with Gasteiger partial charge in [0, 0.05) is 17.5 Å². The molecule has 3 rings (SSSR count). The smallest absolute Gasteiger partial charge is 0.251 e. The van der Waals surface area contributed by atoms with Crippen LogP contribution in [0, 0.1) is 5.92 Å². The van der Waals surface area contributed by atoms with E-state index in [1.165, 1.54) is 11.3 Å². The molecule has 0 spiro atoms. The number of thiazole rings is 1. The molecule has 1 atom stereocenters. The Balaban J connectivity index is 1.70. The molecule has 0 radical (unpaired) electrons. The molecule has 7 heteroatoms. The fraction of sp³-hybridized carbons (Fsp3) is 0.444.